The Bertz CT molecular complexity index is 2840. The van der Waals surface area contributed by atoms with Gasteiger partial charge in [-0.1, -0.05) is 53.4 Å². The quantitative estimate of drug-likeness (QED) is 0.123. The van der Waals surface area contributed by atoms with Crippen LogP contribution in [0.3, 0.4) is 0 Å². The maximum absolute atomic E-state index is 8.56. The largest absolute Gasteiger partial charge is 0 e. The summed E-state index contributed by atoms with van der Waals surface area (Å²) in [6, 6.07) is 47.4. The van der Waals surface area contributed by atoms with E-state index in [1.165, 1.54) is 10.8 Å². The number of fused-ring (bicyclic) bond motifs is 5. The average Bonchev–Trinajstić information content (AvgIpc) is 3.76. The molecule has 54 heavy (non-hydrogen) atoms. The minimum Gasteiger partial charge on any atom is 0 e. The molecule has 0 fully saturated rings. The summed E-state index contributed by atoms with van der Waals surface area (Å²) in [6.45, 7) is 5.85. The molecule has 9 rings (SSSR count). The van der Waals surface area contributed by atoms with E-state index in [0.29, 0.717) is 5.71 Å². The first-order chi connectivity index (χ1) is 26.4. The molecule has 0 bridgehead atoms. The van der Waals surface area contributed by atoms with E-state index in [1.54, 1.807) is 0 Å². The standard InChI is InChI=1S/C29H18N3O.C18H24GeN.Ir/c1-18-13-16-23-22-9-6-10-24(27(22)33-29(23)30-18)28-31-25-11-4-5-12-26(25)32(28)21-15-14-19-7-2-3-8-20(19)17-21;1-14(2)11-16-12-18(15-9-7-6-8-10-15)20-13-17(16)19(3,4)5;/h2-9,11-17H,1H3;6-9,12-14H,11H2,1-5H3;/q2*-1;/i;11D2;. The molecule has 0 atom stereocenters. The van der Waals surface area contributed by atoms with Gasteiger partial charge >= 0.3 is 128 Å². The van der Waals surface area contributed by atoms with Crippen molar-refractivity contribution in [3.05, 3.63) is 151 Å². The Labute approximate surface area is 336 Å². The van der Waals surface area contributed by atoms with Gasteiger partial charge < -0.3 is 8.98 Å². The predicted molar refractivity (Wildman–Crippen MR) is 223 cm³/mol. The number of hydrogen-bond acceptors (Lipinski definition) is 4. The average molecular weight is 946 g/mol. The number of nitrogens with zero attached hydrogens (tertiary/aromatic N) is 4. The maximum Gasteiger partial charge on any atom is 0 e. The fraction of sp³-hybridized carbons (Fsp3) is 0.170. The fourth-order valence-corrected chi connectivity index (χ4v) is 9.78. The van der Waals surface area contributed by atoms with Gasteiger partial charge in [0.25, 0.3) is 0 Å². The smallest absolute Gasteiger partial charge is 0 e. The summed E-state index contributed by atoms with van der Waals surface area (Å²) >= 11 is -2.20. The maximum atomic E-state index is 8.56. The van der Waals surface area contributed by atoms with Crippen LogP contribution in [0.15, 0.2) is 132 Å². The minimum atomic E-state index is -2.20. The first kappa shape index (κ1) is 34.9. The van der Waals surface area contributed by atoms with Crippen LogP contribution < -0.4 is 4.40 Å². The van der Waals surface area contributed by atoms with Gasteiger partial charge in [0.05, 0.1) is 22.4 Å². The Morgan fingerprint density at radius 3 is 2.35 bits per heavy atom. The van der Waals surface area contributed by atoms with Crippen molar-refractivity contribution < 1.29 is 27.3 Å². The van der Waals surface area contributed by atoms with Crippen LogP contribution in [0.25, 0.3) is 72.2 Å². The van der Waals surface area contributed by atoms with Gasteiger partial charge in [-0.15, -0.1) is 18.2 Å². The third-order valence-electron chi connectivity index (χ3n) is 9.35. The van der Waals surface area contributed by atoms with Gasteiger partial charge in [0.1, 0.15) is 0 Å². The van der Waals surface area contributed by atoms with Crippen LogP contribution in [0.1, 0.15) is 27.8 Å². The van der Waals surface area contributed by atoms with Gasteiger partial charge in [0.15, 0.2) is 0 Å². The molecule has 0 spiro atoms. The van der Waals surface area contributed by atoms with Crippen LogP contribution in [0.2, 0.25) is 17.3 Å². The van der Waals surface area contributed by atoms with Gasteiger partial charge in [0, 0.05) is 36.9 Å². The molecule has 0 amide bonds. The molecule has 9 aromatic rings. The zero-order valence-electron chi connectivity index (χ0n) is 33.2. The number of hydrogen-bond donors (Lipinski definition) is 0. The summed E-state index contributed by atoms with van der Waals surface area (Å²) < 4.78 is 26.7. The Morgan fingerprint density at radius 2 is 1.57 bits per heavy atom. The number of furan rings is 1. The van der Waals surface area contributed by atoms with E-state index in [1.807, 2.05) is 93.7 Å². The molecule has 5 aromatic carbocycles. The summed E-state index contributed by atoms with van der Waals surface area (Å²) in [7, 11) is 0. The van der Waals surface area contributed by atoms with Crippen LogP contribution in [-0.2, 0) is 26.5 Å². The second kappa shape index (κ2) is 15.5. The van der Waals surface area contributed by atoms with Crippen LogP contribution in [0.4, 0.5) is 0 Å². The minimum absolute atomic E-state index is 0. The van der Waals surface area contributed by atoms with Crippen molar-refractivity contribution in [3.8, 4) is 28.3 Å². The Morgan fingerprint density at radius 1 is 0.796 bits per heavy atom. The molecule has 0 aliphatic rings. The van der Waals surface area contributed by atoms with Crippen molar-refractivity contribution in [2.75, 3.05) is 0 Å². The third-order valence-corrected chi connectivity index (χ3v) is 13.6. The molecule has 0 aliphatic carbocycles. The number of rotatable bonds is 6. The number of aryl methyl sites for hydroxylation is 1. The number of aromatic nitrogens is 4. The van der Waals surface area contributed by atoms with Crippen molar-refractivity contribution in [1.82, 2.24) is 19.5 Å². The van der Waals surface area contributed by atoms with Crippen LogP contribution >= 0.6 is 0 Å². The summed E-state index contributed by atoms with van der Waals surface area (Å²) in [6.07, 6.45) is 0.562. The summed E-state index contributed by atoms with van der Waals surface area (Å²) in [5, 5.41) is 4.41. The molecule has 0 aliphatic heterocycles. The summed E-state index contributed by atoms with van der Waals surface area (Å²) in [5.41, 5.74) is 8.69. The second-order valence-corrected chi connectivity index (χ2v) is 25.3. The number of pyridine rings is 2. The van der Waals surface area contributed by atoms with E-state index in [9.17, 15) is 0 Å². The topological polar surface area (TPSA) is 56.7 Å². The second-order valence-electron chi connectivity index (χ2n) is 14.7. The molecule has 0 saturated carbocycles. The van der Waals surface area contributed by atoms with Crippen molar-refractivity contribution in [2.45, 2.75) is 44.4 Å². The van der Waals surface area contributed by atoms with Gasteiger partial charge in [-0.3, -0.25) is 4.98 Å². The van der Waals surface area contributed by atoms with Crippen LogP contribution in [0, 0.1) is 25.0 Å². The van der Waals surface area contributed by atoms with E-state index in [0.717, 1.165) is 71.4 Å². The molecule has 5 nitrogen and oxygen atoms in total. The Kier molecular flexibility index (Phi) is 9.98. The van der Waals surface area contributed by atoms with Gasteiger partial charge in [-0.05, 0) is 54.1 Å². The monoisotopic (exact) mass is 947 g/mol. The van der Waals surface area contributed by atoms with Crippen molar-refractivity contribution >= 4 is 61.5 Å². The van der Waals surface area contributed by atoms with E-state index < -0.39 is 19.6 Å². The normalized spacial score (nSPS) is 12.4. The molecule has 271 valence electrons. The van der Waals surface area contributed by atoms with Crippen LogP contribution in [0.5, 0.6) is 0 Å². The van der Waals surface area contributed by atoms with Gasteiger partial charge in [0.2, 0.25) is 5.71 Å². The molecule has 7 heteroatoms. The number of para-hydroxylation sites is 2. The fourth-order valence-electron chi connectivity index (χ4n) is 6.84. The molecule has 4 heterocycles. The zero-order valence-corrected chi connectivity index (χ0v) is 35.7. The first-order valence-corrected chi connectivity index (χ1v) is 25.4. The van der Waals surface area contributed by atoms with Crippen molar-refractivity contribution in [2.24, 2.45) is 5.92 Å². The summed E-state index contributed by atoms with van der Waals surface area (Å²) in [5.74, 6) is 7.57. The van der Waals surface area contributed by atoms with Crippen LogP contribution in [-0.4, -0.2) is 32.8 Å². The molecular weight excluding hydrogens is 901 g/mol. The first-order valence-electron chi connectivity index (χ1n) is 19.1. The Balaban J connectivity index is 0.000000184. The van der Waals surface area contributed by atoms with E-state index >= 15 is 0 Å². The number of imidazole rings is 1. The van der Waals surface area contributed by atoms with E-state index in [4.69, 9.17) is 12.1 Å². The van der Waals surface area contributed by atoms with Gasteiger partial charge in [-0.25, -0.2) is 4.98 Å². The predicted octanol–water partition coefficient (Wildman–Crippen LogP) is 11.5. The van der Waals surface area contributed by atoms with E-state index in [-0.39, 0.29) is 26.0 Å². The molecule has 0 N–H and O–H groups in total. The third kappa shape index (κ3) is 7.43. The van der Waals surface area contributed by atoms with E-state index in [2.05, 4.69) is 98.5 Å². The molecule has 1 radical (unpaired) electrons. The van der Waals surface area contributed by atoms with Crippen molar-refractivity contribution in [3.63, 3.8) is 0 Å². The Hall–Kier alpha value is -4.88. The summed E-state index contributed by atoms with van der Waals surface area (Å²) in [4.78, 5) is 14.2. The van der Waals surface area contributed by atoms with Crippen molar-refractivity contribution in [1.29, 1.82) is 0 Å². The SMILES string of the molecule is Cc1ccc2c(n1)oc1c(-c3nc4ccccc4n3-c3ccc4ccccc4c3)[c-]ccc12.[2H]C([2H])(c1cc(-c2[c-]cccc2)nc[c]1[Ge]([CH3])([CH3])[CH3])C(C)C.[Ir]. The number of benzene rings is 5. The molecule has 0 saturated heterocycles. The molecule has 4 aromatic heterocycles. The molecular formula is C47H42GeIrN4O-2. The molecule has 0 unspecified atom stereocenters. The van der Waals surface area contributed by atoms with Gasteiger partial charge in [-0.2, -0.15) is 0 Å². The zero-order chi connectivity index (χ0) is 38.5.